The number of hydrogen-bond donors (Lipinski definition) is 3. The highest BCUT2D eigenvalue weighted by Crippen LogP contribution is 2.42. The third kappa shape index (κ3) is 44.7. The Labute approximate surface area is 348 Å². The lowest BCUT2D eigenvalue weighted by molar-refractivity contribution is -0.147. The molecule has 0 spiro atoms. The molecule has 0 saturated carbocycles. The van der Waals surface area contributed by atoms with Crippen molar-refractivity contribution in [3.05, 3.63) is 60.8 Å². The number of phosphoric ester groups is 1. The van der Waals surface area contributed by atoms with Crippen molar-refractivity contribution in [2.24, 2.45) is 0 Å². The van der Waals surface area contributed by atoms with E-state index in [1.165, 1.54) is 89.9 Å². The van der Waals surface area contributed by atoms with Crippen LogP contribution in [0, 0.1) is 0 Å². The molecular weight excluding hydrogens is 737 g/mol. The first-order valence-electron chi connectivity index (χ1n) is 22.8. The molecule has 0 aliphatic rings. The zero-order valence-corrected chi connectivity index (χ0v) is 37.2. The van der Waals surface area contributed by atoms with E-state index in [0.29, 0.717) is 6.42 Å². The number of allylic oxidation sites excluding steroid dienone is 10. The Morgan fingerprint density at radius 1 is 0.561 bits per heavy atom. The molecule has 2 atom stereocenters. The quantitative estimate of drug-likeness (QED) is 0.0240. The second-order valence-corrected chi connectivity index (χ2v) is 16.5. The van der Waals surface area contributed by atoms with E-state index in [-0.39, 0.29) is 32.1 Å². The molecule has 0 heterocycles. The van der Waals surface area contributed by atoms with Crippen molar-refractivity contribution in [1.29, 1.82) is 0 Å². The Bertz CT molecular complexity index is 1120. The van der Waals surface area contributed by atoms with Gasteiger partial charge in [-0.15, -0.1) is 0 Å². The molecule has 0 aliphatic carbocycles. The van der Waals surface area contributed by atoms with E-state index in [4.69, 9.17) is 13.8 Å². The summed E-state index contributed by atoms with van der Waals surface area (Å²) >= 11 is 0. The van der Waals surface area contributed by atoms with Crippen molar-refractivity contribution in [1.82, 2.24) is 5.32 Å². The Kier molecular flexibility index (Phi) is 41.6. The van der Waals surface area contributed by atoms with E-state index in [9.17, 15) is 24.2 Å². The third-order valence-corrected chi connectivity index (χ3v) is 10.4. The number of ether oxygens (including phenoxy) is 1. The van der Waals surface area contributed by atoms with Gasteiger partial charge < -0.3 is 20.1 Å². The predicted molar refractivity (Wildman–Crippen MR) is 238 cm³/mol. The Morgan fingerprint density at radius 3 is 1.51 bits per heavy atom. The van der Waals surface area contributed by atoms with Crippen molar-refractivity contribution in [2.75, 3.05) is 26.4 Å². The summed E-state index contributed by atoms with van der Waals surface area (Å²) in [5, 5.41) is 12.7. The highest BCUT2D eigenvalue weighted by atomic mass is 31.2. The molecule has 0 aromatic rings. The van der Waals surface area contributed by atoms with Crippen LogP contribution in [0.25, 0.3) is 0 Å². The van der Waals surface area contributed by atoms with Gasteiger partial charge in [-0.1, -0.05) is 184 Å². The standard InChI is InChI=1S/C47H84NO8P/c1-3-5-7-9-11-13-15-17-18-19-20-21-22-23-24-25-26-28-29-31-33-35-37-39-46(50)48-41-42-55-57(52,53)56-44-45(49)43-54-47(51)40-38-36-34-32-30-27-16-14-12-10-8-6-4-2/h5,7,11,13,17-18,20-21,23-24,45,49H,3-4,6,8-10,12,14-16,19,22,25-44H2,1-2H3,(H,48,50)(H,52,53)/b7-5-,13-11-,18-17-,21-20-,24-23-. The van der Waals surface area contributed by atoms with E-state index in [0.717, 1.165) is 77.0 Å². The number of nitrogens with one attached hydrogen (secondary N) is 1. The van der Waals surface area contributed by atoms with Crippen LogP contribution in [-0.4, -0.2) is 54.3 Å². The van der Waals surface area contributed by atoms with E-state index in [1.54, 1.807) is 0 Å². The van der Waals surface area contributed by atoms with Crippen LogP contribution in [0.1, 0.15) is 194 Å². The summed E-state index contributed by atoms with van der Waals surface area (Å²) in [6, 6.07) is 0. The van der Waals surface area contributed by atoms with Gasteiger partial charge in [-0.3, -0.25) is 18.6 Å². The topological polar surface area (TPSA) is 131 Å². The largest absolute Gasteiger partial charge is 0.472 e. The molecule has 1 amide bonds. The van der Waals surface area contributed by atoms with Gasteiger partial charge in [-0.25, -0.2) is 4.57 Å². The predicted octanol–water partition coefficient (Wildman–Crippen LogP) is 12.9. The maximum Gasteiger partial charge on any atom is 0.472 e. The Hall–Kier alpha value is -2.29. The van der Waals surface area contributed by atoms with Gasteiger partial charge >= 0.3 is 13.8 Å². The molecule has 2 unspecified atom stereocenters. The fourth-order valence-corrected chi connectivity index (χ4v) is 6.81. The number of hydrogen-bond acceptors (Lipinski definition) is 7. The summed E-state index contributed by atoms with van der Waals surface area (Å²) in [5.41, 5.74) is 0. The first kappa shape index (κ1) is 54.7. The molecular formula is C47H84NO8P. The van der Waals surface area contributed by atoms with Crippen molar-refractivity contribution in [2.45, 2.75) is 200 Å². The zero-order valence-electron chi connectivity index (χ0n) is 36.3. The molecule has 0 bridgehead atoms. The normalized spacial score (nSPS) is 13.8. The monoisotopic (exact) mass is 822 g/mol. The van der Waals surface area contributed by atoms with Crippen molar-refractivity contribution in [3.8, 4) is 0 Å². The second-order valence-electron chi connectivity index (χ2n) is 15.0. The summed E-state index contributed by atoms with van der Waals surface area (Å²) < 4.78 is 26.9. The van der Waals surface area contributed by atoms with Gasteiger partial charge in [0.1, 0.15) is 12.7 Å². The lowest BCUT2D eigenvalue weighted by Crippen LogP contribution is -2.27. The Morgan fingerprint density at radius 2 is 1.00 bits per heavy atom. The first-order chi connectivity index (χ1) is 27.8. The highest BCUT2D eigenvalue weighted by Gasteiger charge is 2.23. The van der Waals surface area contributed by atoms with Gasteiger partial charge in [0.15, 0.2) is 0 Å². The minimum Gasteiger partial charge on any atom is -0.463 e. The molecule has 10 heteroatoms. The molecule has 0 rings (SSSR count). The van der Waals surface area contributed by atoms with Crippen molar-refractivity contribution >= 4 is 19.7 Å². The maximum absolute atomic E-state index is 12.1. The number of amides is 1. The van der Waals surface area contributed by atoms with Crippen LogP contribution in [0.3, 0.4) is 0 Å². The second kappa shape index (κ2) is 43.3. The molecule has 0 aliphatic heterocycles. The van der Waals surface area contributed by atoms with Gasteiger partial charge in [0, 0.05) is 19.4 Å². The summed E-state index contributed by atoms with van der Waals surface area (Å²) in [7, 11) is -4.42. The molecule has 0 radical (unpaired) electrons. The maximum atomic E-state index is 12.1. The molecule has 0 aromatic heterocycles. The highest BCUT2D eigenvalue weighted by molar-refractivity contribution is 7.47. The summed E-state index contributed by atoms with van der Waals surface area (Å²) in [4.78, 5) is 33.9. The molecule has 57 heavy (non-hydrogen) atoms. The van der Waals surface area contributed by atoms with Gasteiger partial charge in [0.05, 0.1) is 13.2 Å². The number of unbranched alkanes of at least 4 members (excludes halogenated alkanes) is 19. The number of carbonyl (C=O) groups is 2. The SMILES string of the molecule is CC/C=C\C/C=C\C/C=C\C/C=C\C/C=C\CCCCCCCCCC(=O)NCCOP(=O)(O)OCC(O)COC(=O)CCCCCCCCCCCCCCC. The summed E-state index contributed by atoms with van der Waals surface area (Å²) in [6.45, 7) is 3.43. The van der Waals surface area contributed by atoms with Crippen LogP contribution in [0.2, 0.25) is 0 Å². The van der Waals surface area contributed by atoms with Crippen LogP contribution < -0.4 is 5.32 Å². The minimum atomic E-state index is -4.42. The van der Waals surface area contributed by atoms with Crippen LogP contribution in [0.15, 0.2) is 60.8 Å². The molecule has 3 N–H and O–H groups in total. The average molecular weight is 822 g/mol. The van der Waals surface area contributed by atoms with Crippen LogP contribution in [-0.2, 0) is 27.9 Å². The fourth-order valence-electron chi connectivity index (χ4n) is 6.05. The zero-order chi connectivity index (χ0) is 41.8. The van der Waals surface area contributed by atoms with E-state index in [2.05, 4.69) is 79.9 Å². The number of aliphatic hydroxyl groups excluding tert-OH is 1. The van der Waals surface area contributed by atoms with E-state index < -0.39 is 26.5 Å². The molecule has 0 saturated heterocycles. The van der Waals surface area contributed by atoms with Gasteiger partial charge in [0.2, 0.25) is 5.91 Å². The number of rotatable bonds is 42. The fraction of sp³-hybridized carbons (Fsp3) is 0.745. The molecule has 330 valence electrons. The van der Waals surface area contributed by atoms with Crippen LogP contribution >= 0.6 is 7.82 Å². The molecule has 0 aromatic carbocycles. The number of phosphoric acid groups is 1. The molecule has 0 fully saturated rings. The van der Waals surface area contributed by atoms with Crippen molar-refractivity contribution < 1.29 is 37.9 Å². The number of aliphatic hydroxyl groups is 1. The van der Waals surface area contributed by atoms with Gasteiger partial charge in [-0.05, 0) is 57.8 Å². The third-order valence-electron chi connectivity index (χ3n) is 9.46. The van der Waals surface area contributed by atoms with E-state index in [1.807, 2.05) is 0 Å². The van der Waals surface area contributed by atoms with E-state index >= 15 is 0 Å². The van der Waals surface area contributed by atoms with Gasteiger partial charge in [-0.2, -0.15) is 0 Å². The number of carbonyl (C=O) groups excluding carboxylic acids is 2. The first-order valence-corrected chi connectivity index (χ1v) is 24.3. The lowest BCUT2D eigenvalue weighted by Gasteiger charge is -2.15. The van der Waals surface area contributed by atoms with Crippen LogP contribution in [0.5, 0.6) is 0 Å². The average Bonchev–Trinajstić information content (AvgIpc) is 3.20. The minimum absolute atomic E-state index is 0.0734. The number of esters is 1. The van der Waals surface area contributed by atoms with Gasteiger partial charge in [0.25, 0.3) is 0 Å². The smallest absolute Gasteiger partial charge is 0.463 e. The van der Waals surface area contributed by atoms with Crippen molar-refractivity contribution in [3.63, 3.8) is 0 Å². The Balaban J connectivity index is 3.61. The molecule has 9 nitrogen and oxygen atoms in total. The van der Waals surface area contributed by atoms with Crippen LogP contribution in [0.4, 0.5) is 0 Å². The lowest BCUT2D eigenvalue weighted by atomic mass is 10.0. The summed E-state index contributed by atoms with van der Waals surface area (Å²) in [6.07, 6.45) is 51.5. The summed E-state index contributed by atoms with van der Waals surface area (Å²) in [5.74, 6) is -0.527.